The highest BCUT2D eigenvalue weighted by atomic mass is 16.3. The fraction of sp³-hybridized carbons (Fsp3) is 0.474. The molecule has 0 amide bonds. The minimum atomic E-state index is 0.290. The summed E-state index contributed by atoms with van der Waals surface area (Å²) in [5, 5.41) is 3.73. The zero-order chi connectivity index (χ0) is 15.4. The SMILES string of the molecule is CCc1ccc(C(CC)NC(C)c2cc(C)oc2C)cc1. The predicted molar refractivity (Wildman–Crippen MR) is 88.6 cm³/mol. The van der Waals surface area contributed by atoms with E-state index in [0.717, 1.165) is 24.4 Å². The molecule has 2 heteroatoms. The molecule has 2 nitrogen and oxygen atoms in total. The molecule has 1 N–H and O–H groups in total. The van der Waals surface area contributed by atoms with Crippen molar-refractivity contribution in [1.82, 2.24) is 5.32 Å². The summed E-state index contributed by atoms with van der Waals surface area (Å²) in [6.45, 7) is 10.7. The van der Waals surface area contributed by atoms with Crippen LogP contribution in [0, 0.1) is 13.8 Å². The number of hydrogen-bond donors (Lipinski definition) is 1. The number of hydrogen-bond acceptors (Lipinski definition) is 2. The maximum atomic E-state index is 5.65. The second-order valence-electron chi connectivity index (χ2n) is 5.81. The fourth-order valence-electron chi connectivity index (χ4n) is 2.91. The molecule has 1 aromatic heterocycles. The van der Waals surface area contributed by atoms with E-state index in [0.29, 0.717) is 12.1 Å². The van der Waals surface area contributed by atoms with E-state index in [1.165, 1.54) is 16.7 Å². The summed E-state index contributed by atoms with van der Waals surface area (Å²) in [5.74, 6) is 2.00. The Hall–Kier alpha value is -1.54. The van der Waals surface area contributed by atoms with Gasteiger partial charge in [-0.15, -0.1) is 0 Å². The third-order valence-corrected chi connectivity index (χ3v) is 4.20. The molecule has 21 heavy (non-hydrogen) atoms. The number of aryl methyl sites for hydroxylation is 3. The van der Waals surface area contributed by atoms with Crippen LogP contribution in [0.2, 0.25) is 0 Å². The van der Waals surface area contributed by atoms with Gasteiger partial charge in [-0.05, 0) is 50.8 Å². The highest BCUT2D eigenvalue weighted by Crippen LogP contribution is 2.26. The summed E-state index contributed by atoms with van der Waals surface area (Å²) in [7, 11) is 0. The van der Waals surface area contributed by atoms with Gasteiger partial charge < -0.3 is 9.73 Å². The average Bonchev–Trinajstić information content (AvgIpc) is 2.83. The fourth-order valence-corrected chi connectivity index (χ4v) is 2.91. The van der Waals surface area contributed by atoms with Gasteiger partial charge in [0.25, 0.3) is 0 Å². The molecule has 0 saturated carbocycles. The van der Waals surface area contributed by atoms with Crippen LogP contribution < -0.4 is 5.32 Å². The van der Waals surface area contributed by atoms with Crippen molar-refractivity contribution < 1.29 is 4.42 Å². The van der Waals surface area contributed by atoms with Gasteiger partial charge in [0.1, 0.15) is 11.5 Å². The average molecular weight is 285 g/mol. The highest BCUT2D eigenvalue weighted by Gasteiger charge is 2.17. The van der Waals surface area contributed by atoms with Crippen LogP contribution in [-0.4, -0.2) is 0 Å². The van der Waals surface area contributed by atoms with Gasteiger partial charge in [-0.1, -0.05) is 38.1 Å². The van der Waals surface area contributed by atoms with E-state index >= 15 is 0 Å². The molecular formula is C19H27NO. The Morgan fingerprint density at radius 3 is 2.24 bits per heavy atom. The van der Waals surface area contributed by atoms with Crippen LogP contribution in [-0.2, 0) is 6.42 Å². The molecular weight excluding hydrogens is 258 g/mol. The van der Waals surface area contributed by atoms with Crippen molar-refractivity contribution in [2.75, 3.05) is 0 Å². The lowest BCUT2D eigenvalue weighted by atomic mass is 10.00. The summed E-state index contributed by atoms with van der Waals surface area (Å²) in [4.78, 5) is 0. The van der Waals surface area contributed by atoms with Gasteiger partial charge >= 0.3 is 0 Å². The van der Waals surface area contributed by atoms with E-state index in [1.54, 1.807) is 0 Å². The third-order valence-electron chi connectivity index (χ3n) is 4.20. The van der Waals surface area contributed by atoms with Gasteiger partial charge in [-0.3, -0.25) is 0 Å². The Labute approximate surface area is 128 Å². The Balaban J connectivity index is 2.12. The summed E-state index contributed by atoms with van der Waals surface area (Å²) in [5.41, 5.74) is 4.01. The lowest BCUT2D eigenvalue weighted by molar-refractivity contribution is 0.444. The molecule has 0 aliphatic carbocycles. The van der Waals surface area contributed by atoms with E-state index in [4.69, 9.17) is 4.42 Å². The number of furan rings is 1. The van der Waals surface area contributed by atoms with Crippen molar-refractivity contribution in [1.29, 1.82) is 0 Å². The molecule has 0 fully saturated rings. The van der Waals surface area contributed by atoms with Crippen molar-refractivity contribution >= 4 is 0 Å². The first-order chi connectivity index (χ1) is 10.0. The molecule has 2 atom stereocenters. The lowest BCUT2D eigenvalue weighted by Crippen LogP contribution is -2.24. The zero-order valence-corrected chi connectivity index (χ0v) is 13.9. The van der Waals surface area contributed by atoms with E-state index in [9.17, 15) is 0 Å². The van der Waals surface area contributed by atoms with E-state index < -0.39 is 0 Å². The summed E-state index contributed by atoms with van der Waals surface area (Å²) in [6, 6.07) is 11.8. The molecule has 2 aromatic rings. The molecule has 0 aliphatic rings. The van der Waals surface area contributed by atoms with Crippen LogP contribution in [0.15, 0.2) is 34.7 Å². The minimum Gasteiger partial charge on any atom is -0.466 e. The Morgan fingerprint density at radius 2 is 1.76 bits per heavy atom. The van der Waals surface area contributed by atoms with Crippen LogP contribution >= 0.6 is 0 Å². The molecule has 0 spiro atoms. The standard InChI is InChI=1S/C19H27NO/c1-6-16-8-10-17(11-9-16)19(7-2)20-14(4)18-12-13(3)21-15(18)5/h8-12,14,19-20H,6-7H2,1-5H3. The van der Waals surface area contributed by atoms with Crippen molar-refractivity contribution in [2.24, 2.45) is 0 Å². The predicted octanol–water partition coefficient (Wildman–Crippen LogP) is 5.26. The van der Waals surface area contributed by atoms with Crippen molar-refractivity contribution in [3.8, 4) is 0 Å². The van der Waals surface area contributed by atoms with E-state index in [1.807, 2.05) is 13.8 Å². The molecule has 114 valence electrons. The van der Waals surface area contributed by atoms with Crippen molar-refractivity contribution in [3.05, 3.63) is 58.5 Å². The summed E-state index contributed by atoms with van der Waals surface area (Å²) < 4.78 is 5.65. The quantitative estimate of drug-likeness (QED) is 0.783. The topological polar surface area (TPSA) is 25.2 Å². The Morgan fingerprint density at radius 1 is 1.10 bits per heavy atom. The number of nitrogens with one attached hydrogen (secondary N) is 1. The van der Waals surface area contributed by atoms with Crippen LogP contribution in [0.4, 0.5) is 0 Å². The normalized spacial score (nSPS) is 14.1. The zero-order valence-electron chi connectivity index (χ0n) is 13.9. The second-order valence-corrected chi connectivity index (χ2v) is 5.81. The maximum Gasteiger partial charge on any atom is 0.105 e. The largest absolute Gasteiger partial charge is 0.466 e. The molecule has 0 bridgehead atoms. The Kier molecular flexibility index (Phi) is 5.24. The molecule has 2 rings (SSSR count). The van der Waals surface area contributed by atoms with Gasteiger partial charge in [0, 0.05) is 17.6 Å². The molecule has 1 heterocycles. The molecule has 0 saturated heterocycles. The van der Waals surface area contributed by atoms with Crippen LogP contribution in [0.5, 0.6) is 0 Å². The van der Waals surface area contributed by atoms with Crippen molar-refractivity contribution in [3.63, 3.8) is 0 Å². The van der Waals surface area contributed by atoms with Gasteiger partial charge in [0.2, 0.25) is 0 Å². The minimum absolute atomic E-state index is 0.290. The molecule has 0 aliphatic heterocycles. The van der Waals surface area contributed by atoms with Crippen LogP contribution in [0.1, 0.15) is 67.5 Å². The first-order valence-corrected chi connectivity index (χ1v) is 7.97. The van der Waals surface area contributed by atoms with E-state index in [2.05, 4.69) is 56.4 Å². The Bertz CT molecular complexity index is 568. The molecule has 0 radical (unpaired) electrons. The van der Waals surface area contributed by atoms with Crippen molar-refractivity contribution in [2.45, 2.75) is 59.5 Å². The molecule has 2 unspecified atom stereocenters. The number of rotatable bonds is 6. The lowest BCUT2D eigenvalue weighted by Gasteiger charge is -2.23. The van der Waals surface area contributed by atoms with Gasteiger partial charge in [-0.2, -0.15) is 0 Å². The number of benzene rings is 1. The first kappa shape index (κ1) is 15.8. The monoisotopic (exact) mass is 285 g/mol. The first-order valence-electron chi connectivity index (χ1n) is 7.97. The summed E-state index contributed by atoms with van der Waals surface area (Å²) in [6.07, 6.45) is 2.17. The molecule has 1 aromatic carbocycles. The van der Waals surface area contributed by atoms with Crippen LogP contribution in [0.25, 0.3) is 0 Å². The highest BCUT2D eigenvalue weighted by molar-refractivity contribution is 5.27. The van der Waals surface area contributed by atoms with Gasteiger partial charge in [0.05, 0.1) is 0 Å². The summed E-state index contributed by atoms with van der Waals surface area (Å²) >= 11 is 0. The smallest absolute Gasteiger partial charge is 0.105 e. The third kappa shape index (κ3) is 3.76. The maximum absolute atomic E-state index is 5.65. The van der Waals surface area contributed by atoms with Gasteiger partial charge in [-0.25, -0.2) is 0 Å². The van der Waals surface area contributed by atoms with Crippen LogP contribution in [0.3, 0.4) is 0 Å². The van der Waals surface area contributed by atoms with Gasteiger partial charge in [0.15, 0.2) is 0 Å². The van der Waals surface area contributed by atoms with E-state index in [-0.39, 0.29) is 0 Å². The second kappa shape index (κ2) is 6.95.